The number of aromatic nitrogens is 5. The molecule has 1 aromatic carbocycles. The van der Waals surface area contributed by atoms with Crippen molar-refractivity contribution < 1.29 is 9.26 Å². The predicted octanol–water partition coefficient (Wildman–Crippen LogP) is 3.58. The van der Waals surface area contributed by atoms with Crippen LogP contribution < -0.4 is 0 Å². The van der Waals surface area contributed by atoms with Crippen LogP contribution in [0.4, 0.5) is 0 Å². The standard InChI is InChI=1S/C20H17N5O2/c1-13-4-6-14(7-5-13)18-11-25-16(12-26-18)9-17(23-25)20-22-19(24-27-20)15-3-2-8-21-10-15/h2-10,18H,11-12H2,1H3/t18-/m1/s1. The number of fused-ring (bicyclic) bond motifs is 1. The van der Waals surface area contributed by atoms with Gasteiger partial charge in [0.25, 0.3) is 5.89 Å². The van der Waals surface area contributed by atoms with Crippen LogP contribution in [-0.4, -0.2) is 24.9 Å². The Kier molecular flexibility index (Phi) is 3.79. The molecule has 0 spiro atoms. The van der Waals surface area contributed by atoms with Crippen molar-refractivity contribution in [2.24, 2.45) is 0 Å². The molecule has 0 N–H and O–H groups in total. The number of nitrogens with zero attached hydrogens (tertiary/aromatic N) is 5. The smallest absolute Gasteiger partial charge is 0.278 e. The fourth-order valence-corrected chi connectivity index (χ4v) is 3.15. The van der Waals surface area contributed by atoms with Crippen molar-refractivity contribution in [3.8, 4) is 23.0 Å². The molecule has 4 aromatic rings. The van der Waals surface area contributed by atoms with Gasteiger partial charge in [-0.05, 0) is 30.7 Å². The van der Waals surface area contributed by atoms with E-state index < -0.39 is 0 Å². The first-order valence-electron chi connectivity index (χ1n) is 8.75. The molecular formula is C20H17N5O2. The quantitative estimate of drug-likeness (QED) is 0.556. The third-order valence-electron chi connectivity index (χ3n) is 4.65. The molecule has 4 heterocycles. The van der Waals surface area contributed by atoms with Gasteiger partial charge in [-0.25, -0.2) is 0 Å². The lowest BCUT2D eigenvalue weighted by Gasteiger charge is -2.24. The monoisotopic (exact) mass is 359 g/mol. The summed E-state index contributed by atoms with van der Waals surface area (Å²) in [7, 11) is 0. The molecule has 0 saturated carbocycles. The molecule has 134 valence electrons. The maximum Gasteiger partial charge on any atom is 0.278 e. The lowest BCUT2D eigenvalue weighted by Crippen LogP contribution is -2.21. The van der Waals surface area contributed by atoms with Crippen LogP contribution in [0.3, 0.4) is 0 Å². The average Bonchev–Trinajstić information content (AvgIpc) is 3.36. The normalized spacial score (nSPS) is 16.3. The van der Waals surface area contributed by atoms with Gasteiger partial charge in [0, 0.05) is 18.0 Å². The van der Waals surface area contributed by atoms with Gasteiger partial charge in [-0.1, -0.05) is 35.0 Å². The number of rotatable bonds is 3. The Labute approximate surface area is 155 Å². The Bertz CT molecular complexity index is 1070. The summed E-state index contributed by atoms with van der Waals surface area (Å²) < 4.78 is 13.4. The Morgan fingerprint density at radius 1 is 1.15 bits per heavy atom. The molecule has 0 amide bonds. The van der Waals surface area contributed by atoms with Crippen LogP contribution in [0.25, 0.3) is 23.0 Å². The Morgan fingerprint density at radius 3 is 2.85 bits per heavy atom. The SMILES string of the molecule is Cc1ccc([C@H]2Cn3nc(-c4nc(-c5cccnc5)no4)cc3CO2)cc1. The molecule has 1 aliphatic rings. The van der Waals surface area contributed by atoms with Crippen molar-refractivity contribution in [1.29, 1.82) is 0 Å². The highest BCUT2D eigenvalue weighted by Crippen LogP contribution is 2.29. The van der Waals surface area contributed by atoms with Gasteiger partial charge < -0.3 is 9.26 Å². The maximum absolute atomic E-state index is 6.02. The fraction of sp³-hybridized carbons (Fsp3) is 0.200. The van der Waals surface area contributed by atoms with E-state index in [2.05, 4.69) is 51.4 Å². The average molecular weight is 359 g/mol. The lowest BCUT2D eigenvalue weighted by molar-refractivity contribution is -0.00113. The van der Waals surface area contributed by atoms with Gasteiger partial charge >= 0.3 is 0 Å². The second-order valence-corrected chi connectivity index (χ2v) is 6.58. The summed E-state index contributed by atoms with van der Waals surface area (Å²) in [5.74, 6) is 0.889. The molecule has 1 aliphatic heterocycles. The van der Waals surface area contributed by atoms with Gasteiger partial charge in [0.1, 0.15) is 6.10 Å². The van der Waals surface area contributed by atoms with Gasteiger partial charge in [0.05, 0.1) is 18.8 Å². The largest absolute Gasteiger partial charge is 0.365 e. The molecule has 0 saturated heterocycles. The van der Waals surface area contributed by atoms with Crippen molar-refractivity contribution in [2.75, 3.05) is 0 Å². The summed E-state index contributed by atoms with van der Waals surface area (Å²) in [6.07, 6.45) is 3.39. The first-order valence-corrected chi connectivity index (χ1v) is 8.75. The van der Waals surface area contributed by atoms with E-state index in [1.807, 2.05) is 22.9 Å². The van der Waals surface area contributed by atoms with Crippen molar-refractivity contribution in [2.45, 2.75) is 26.2 Å². The lowest BCUT2D eigenvalue weighted by atomic mass is 10.1. The van der Waals surface area contributed by atoms with Crippen LogP contribution in [0.5, 0.6) is 0 Å². The van der Waals surface area contributed by atoms with Crippen LogP contribution in [0.1, 0.15) is 22.9 Å². The molecule has 27 heavy (non-hydrogen) atoms. The van der Waals surface area contributed by atoms with Crippen LogP contribution in [-0.2, 0) is 17.9 Å². The number of aryl methyl sites for hydroxylation is 1. The highest BCUT2D eigenvalue weighted by Gasteiger charge is 2.24. The van der Waals surface area contributed by atoms with Gasteiger partial charge in [-0.15, -0.1) is 0 Å². The van der Waals surface area contributed by atoms with E-state index in [0.29, 0.717) is 30.6 Å². The molecule has 1 atom stereocenters. The number of hydrogen-bond donors (Lipinski definition) is 0. The van der Waals surface area contributed by atoms with Gasteiger partial charge in [0.2, 0.25) is 5.82 Å². The molecule has 0 aliphatic carbocycles. The van der Waals surface area contributed by atoms with Gasteiger partial charge in [0.15, 0.2) is 5.69 Å². The van der Waals surface area contributed by atoms with Crippen LogP contribution in [0.15, 0.2) is 59.4 Å². The number of hydrogen-bond acceptors (Lipinski definition) is 6. The van der Waals surface area contributed by atoms with Crippen molar-refractivity contribution >= 4 is 0 Å². The first-order chi connectivity index (χ1) is 13.3. The maximum atomic E-state index is 6.02. The summed E-state index contributed by atoms with van der Waals surface area (Å²) in [5.41, 5.74) is 4.84. The second-order valence-electron chi connectivity index (χ2n) is 6.58. The molecule has 5 rings (SSSR count). The second kappa shape index (κ2) is 6.44. The van der Waals surface area contributed by atoms with Crippen molar-refractivity contribution in [3.63, 3.8) is 0 Å². The van der Waals surface area contributed by atoms with E-state index in [4.69, 9.17) is 9.26 Å². The molecule has 7 heteroatoms. The van der Waals surface area contributed by atoms with Crippen molar-refractivity contribution in [3.05, 3.63) is 71.7 Å². The van der Waals surface area contributed by atoms with E-state index in [9.17, 15) is 0 Å². The highest BCUT2D eigenvalue weighted by molar-refractivity contribution is 5.56. The third-order valence-corrected chi connectivity index (χ3v) is 4.65. The van der Waals surface area contributed by atoms with Crippen LogP contribution in [0, 0.1) is 6.92 Å². The van der Waals surface area contributed by atoms with Gasteiger partial charge in [-0.2, -0.15) is 10.1 Å². The number of ether oxygens (including phenoxy) is 1. The van der Waals surface area contributed by atoms with E-state index in [1.54, 1.807) is 12.4 Å². The van der Waals surface area contributed by atoms with E-state index in [1.165, 1.54) is 5.56 Å². The van der Waals surface area contributed by atoms with Crippen LogP contribution in [0.2, 0.25) is 0 Å². The van der Waals surface area contributed by atoms with E-state index in [0.717, 1.165) is 16.8 Å². The minimum atomic E-state index is -0.0144. The third kappa shape index (κ3) is 3.02. The number of pyridine rings is 1. The van der Waals surface area contributed by atoms with Crippen LogP contribution >= 0.6 is 0 Å². The van der Waals surface area contributed by atoms with E-state index in [-0.39, 0.29) is 6.10 Å². The topological polar surface area (TPSA) is 78.9 Å². The molecule has 0 radical (unpaired) electrons. The fourth-order valence-electron chi connectivity index (χ4n) is 3.15. The summed E-state index contributed by atoms with van der Waals surface area (Å²) in [6, 6.07) is 14.1. The van der Waals surface area contributed by atoms with Gasteiger partial charge in [-0.3, -0.25) is 9.67 Å². The van der Waals surface area contributed by atoms with Crippen molar-refractivity contribution in [1.82, 2.24) is 24.9 Å². The Hall–Kier alpha value is -3.32. The number of benzene rings is 1. The zero-order valence-corrected chi connectivity index (χ0v) is 14.7. The Morgan fingerprint density at radius 2 is 2.04 bits per heavy atom. The molecular weight excluding hydrogens is 342 g/mol. The van der Waals surface area contributed by atoms with E-state index >= 15 is 0 Å². The molecule has 7 nitrogen and oxygen atoms in total. The zero-order valence-electron chi connectivity index (χ0n) is 14.7. The summed E-state index contributed by atoms with van der Waals surface area (Å²) in [5, 5.41) is 8.68. The predicted molar refractivity (Wildman–Crippen MR) is 97.5 cm³/mol. The summed E-state index contributed by atoms with van der Waals surface area (Å²) in [4.78, 5) is 8.53. The molecule has 0 unspecified atom stereocenters. The summed E-state index contributed by atoms with van der Waals surface area (Å²) in [6.45, 7) is 3.23. The zero-order chi connectivity index (χ0) is 18.2. The minimum Gasteiger partial charge on any atom is -0.365 e. The highest BCUT2D eigenvalue weighted by atomic mass is 16.5. The minimum absolute atomic E-state index is 0.0144. The summed E-state index contributed by atoms with van der Waals surface area (Å²) >= 11 is 0. The molecule has 3 aromatic heterocycles. The molecule has 0 bridgehead atoms. The first kappa shape index (κ1) is 15.9. The molecule has 0 fully saturated rings. The Balaban J connectivity index is 1.40.